The van der Waals surface area contributed by atoms with Gasteiger partial charge in [0.1, 0.15) is 0 Å². The van der Waals surface area contributed by atoms with Crippen molar-refractivity contribution in [1.29, 1.82) is 0 Å². The Balaban J connectivity index is 2.05. The maximum Gasteiger partial charge on any atom is 0.272 e. The summed E-state index contributed by atoms with van der Waals surface area (Å²) in [6.45, 7) is 5.99. The van der Waals surface area contributed by atoms with Gasteiger partial charge < -0.3 is 5.32 Å². The minimum Gasteiger partial charge on any atom is -0.348 e. The first-order chi connectivity index (χ1) is 11.0. The van der Waals surface area contributed by atoms with E-state index in [0.29, 0.717) is 11.3 Å². The summed E-state index contributed by atoms with van der Waals surface area (Å²) in [4.78, 5) is 16.6. The van der Waals surface area contributed by atoms with Gasteiger partial charge in [0, 0.05) is 36.6 Å². The van der Waals surface area contributed by atoms with Gasteiger partial charge in [-0.15, -0.1) is 0 Å². The molecule has 7 nitrogen and oxygen atoms in total. The molecule has 1 atom stereocenters. The number of amides is 1. The van der Waals surface area contributed by atoms with Crippen LogP contribution in [0.3, 0.4) is 0 Å². The van der Waals surface area contributed by atoms with Gasteiger partial charge in [-0.05, 0) is 26.3 Å². The average molecular weight is 312 g/mol. The van der Waals surface area contributed by atoms with Crippen LogP contribution in [0.25, 0.3) is 16.9 Å². The first-order valence-corrected chi connectivity index (χ1v) is 7.66. The Bertz CT molecular complexity index is 863. The van der Waals surface area contributed by atoms with Gasteiger partial charge in [0.05, 0.1) is 11.9 Å². The summed E-state index contributed by atoms with van der Waals surface area (Å²) in [7, 11) is 1.89. The molecule has 0 spiro atoms. The lowest BCUT2D eigenvalue weighted by Crippen LogP contribution is -2.32. The van der Waals surface area contributed by atoms with Crippen molar-refractivity contribution in [2.75, 3.05) is 0 Å². The highest BCUT2D eigenvalue weighted by atomic mass is 16.2. The molecule has 0 bridgehead atoms. The number of aryl methyl sites for hydroxylation is 1. The Kier molecular flexibility index (Phi) is 3.85. The molecule has 120 valence electrons. The van der Waals surface area contributed by atoms with Crippen molar-refractivity contribution in [3.05, 3.63) is 35.9 Å². The number of aromatic nitrogens is 5. The third-order valence-corrected chi connectivity index (χ3v) is 4.09. The van der Waals surface area contributed by atoms with Crippen molar-refractivity contribution >= 4 is 11.6 Å². The number of hydrogen-bond donors (Lipinski definition) is 1. The fourth-order valence-corrected chi connectivity index (χ4v) is 2.36. The molecule has 0 aliphatic rings. The highest BCUT2D eigenvalue weighted by molar-refractivity contribution is 5.93. The number of carbonyl (C=O) groups excluding carboxylic acids is 1. The van der Waals surface area contributed by atoms with Crippen LogP contribution in [0.1, 0.15) is 36.5 Å². The number of fused-ring (bicyclic) bond motifs is 1. The number of rotatable bonds is 4. The van der Waals surface area contributed by atoms with Gasteiger partial charge in [-0.1, -0.05) is 6.92 Å². The third-order valence-electron chi connectivity index (χ3n) is 4.09. The lowest BCUT2D eigenvalue weighted by molar-refractivity contribution is 0.0934. The van der Waals surface area contributed by atoms with E-state index in [2.05, 4.69) is 20.5 Å². The zero-order chi connectivity index (χ0) is 16.6. The van der Waals surface area contributed by atoms with E-state index in [0.717, 1.165) is 23.4 Å². The van der Waals surface area contributed by atoms with Gasteiger partial charge >= 0.3 is 0 Å². The summed E-state index contributed by atoms with van der Waals surface area (Å²) in [5.41, 5.74) is 3.87. The molecular weight excluding hydrogens is 292 g/mol. The van der Waals surface area contributed by atoms with Crippen LogP contribution in [0.5, 0.6) is 0 Å². The normalized spacial score (nSPS) is 12.5. The number of carbonyl (C=O) groups is 1. The molecule has 0 radical (unpaired) electrons. The summed E-state index contributed by atoms with van der Waals surface area (Å²) in [5.74, 6) is -0.182. The Morgan fingerprint density at radius 1 is 1.43 bits per heavy atom. The largest absolute Gasteiger partial charge is 0.348 e. The topological polar surface area (TPSA) is 77.1 Å². The Labute approximate surface area is 134 Å². The quantitative estimate of drug-likeness (QED) is 0.799. The molecule has 0 saturated carbocycles. The van der Waals surface area contributed by atoms with Crippen molar-refractivity contribution in [2.45, 2.75) is 33.2 Å². The van der Waals surface area contributed by atoms with E-state index < -0.39 is 0 Å². The van der Waals surface area contributed by atoms with E-state index in [4.69, 9.17) is 0 Å². The molecule has 0 saturated heterocycles. The van der Waals surface area contributed by atoms with Crippen LogP contribution in [0.15, 0.2) is 24.5 Å². The van der Waals surface area contributed by atoms with Gasteiger partial charge in [0.25, 0.3) is 5.91 Å². The Morgan fingerprint density at radius 2 is 2.22 bits per heavy atom. The van der Waals surface area contributed by atoms with Crippen LogP contribution >= 0.6 is 0 Å². The Hall–Kier alpha value is -2.70. The predicted molar refractivity (Wildman–Crippen MR) is 87.1 cm³/mol. The van der Waals surface area contributed by atoms with Crippen molar-refractivity contribution in [2.24, 2.45) is 7.05 Å². The van der Waals surface area contributed by atoms with E-state index in [1.54, 1.807) is 23.0 Å². The van der Waals surface area contributed by atoms with E-state index >= 15 is 0 Å². The zero-order valence-corrected chi connectivity index (χ0v) is 13.7. The minimum absolute atomic E-state index is 0.111. The smallest absolute Gasteiger partial charge is 0.272 e. The molecule has 3 aromatic rings. The molecule has 0 aromatic carbocycles. The molecule has 0 aliphatic heterocycles. The molecule has 0 fully saturated rings. The first-order valence-electron chi connectivity index (χ1n) is 7.66. The highest BCUT2D eigenvalue weighted by Gasteiger charge is 2.17. The molecule has 0 aliphatic carbocycles. The second kappa shape index (κ2) is 5.83. The molecule has 1 N–H and O–H groups in total. The number of nitrogens with one attached hydrogen (secondary N) is 1. The van der Waals surface area contributed by atoms with E-state index in [-0.39, 0.29) is 11.9 Å². The fraction of sp³-hybridized carbons (Fsp3) is 0.375. The van der Waals surface area contributed by atoms with Crippen molar-refractivity contribution in [3.63, 3.8) is 0 Å². The second-order valence-corrected chi connectivity index (χ2v) is 5.68. The van der Waals surface area contributed by atoms with Gasteiger partial charge in [-0.2, -0.15) is 10.2 Å². The number of hydrogen-bond acceptors (Lipinski definition) is 4. The van der Waals surface area contributed by atoms with Crippen molar-refractivity contribution in [3.8, 4) is 11.3 Å². The summed E-state index contributed by atoms with van der Waals surface area (Å²) < 4.78 is 3.50. The first kappa shape index (κ1) is 15.2. The summed E-state index contributed by atoms with van der Waals surface area (Å²) in [6.07, 6.45) is 4.39. The van der Waals surface area contributed by atoms with Crippen molar-refractivity contribution in [1.82, 2.24) is 29.7 Å². The minimum atomic E-state index is -0.182. The maximum absolute atomic E-state index is 12.3. The average Bonchev–Trinajstić information content (AvgIpc) is 3.11. The second-order valence-electron chi connectivity index (χ2n) is 5.68. The van der Waals surface area contributed by atoms with Crippen molar-refractivity contribution < 1.29 is 4.79 Å². The molecule has 3 rings (SSSR count). The van der Waals surface area contributed by atoms with Gasteiger partial charge in [-0.3, -0.25) is 9.48 Å². The SMILES string of the molecule is CCC(C)NC(=O)c1cc2nccc(-c3cnn(C)c3C)n2n1. The fourth-order valence-electron chi connectivity index (χ4n) is 2.36. The van der Waals surface area contributed by atoms with E-state index in [1.807, 2.05) is 38.6 Å². The van der Waals surface area contributed by atoms with Crippen LogP contribution in [0.2, 0.25) is 0 Å². The highest BCUT2D eigenvalue weighted by Crippen LogP contribution is 2.23. The molecule has 7 heteroatoms. The summed E-state index contributed by atoms with van der Waals surface area (Å²) in [6, 6.07) is 3.69. The van der Waals surface area contributed by atoms with Crippen LogP contribution in [-0.2, 0) is 7.05 Å². The lowest BCUT2D eigenvalue weighted by Gasteiger charge is -2.09. The van der Waals surface area contributed by atoms with Gasteiger partial charge in [-0.25, -0.2) is 9.50 Å². The molecule has 1 unspecified atom stereocenters. The standard InChI is InChI=1S/C16H20N6O/c1-5-10(2)19-16(23)13-8-15-17-7-6-14(22(15)20-13)12-9-18-21(4)11(12)3/h6-10H,5H2,1-4H3,(H,19,23). The monoisotopic (exact) mass is 312 g/mol. The van der Waals surface area contributed by atoms with Crippen LogP contribution in [-0.4, -0.2) is 36.3 Å². The van der Waals surface area contributed by atoms with Crippen LogP contribution < -0.4 is 5.32 Å². The molecule has 1 amide bonds. The molecule has 3 aromatic heterocycles. The molecular formula is C16H20N6O. The maximum atomic E-state index is 12.3. The van der Waals surface area contributed by atoms with E-state index in [9.17, 15) is 4.79 Å². The predicted octanol–water partition coefficient (Wildman–Crippen LogP) is 1.97. The Morgan fingerprint density at radius 3 is 2.87 bits per heavy atom. The van der Waals surface area contributed by atoms with Crippen LogP contribution in [0, 0.1) is 6.92 Å². The number of nitrogens with zero attached hydrogens (tertiary/aromatic N) is 5. The summed E-state index contributed by atoms with van der Waals surface area (Å²) >= 11 is 0. The molecule has 23 heavy (non-hydrogen) atoms. The zero-order valence-electron chi connectivity index (χ0n) is 13.7. The van der Waals surface area contributed by atoms with Gasteiger partial charge in [0.2, 0.25) is 0 Å². The van der Waals surface area contributed by atoms with Gasteiger partial charge in [0.15, 0.2) is 11.3 Å². The van der Waals surface area contributed by atoms with E-state index in [1.165, 1.54) is 0 Å². The lowest BCUT2D eigenvalue weighted by atomic mass is 10.2. The van der Waals surface area contributed by atoms with Crippen LogP contribution in [0.4, 0.5) is 0 Å². The summed E-state index contributed by atoms with van der Waals surface area (Å²) in [5, 5.41) is 11.6. The molecule has 3 heterocycles. The third kappa shape index (κ3) is 2.69.